The van der Waals surface area contributed by atoms with Crippen LogP contribution in [0, 0.1) is 0 Å². The van der Waals surface area contributed by atoms with Gasteiger partial charge >= 0.3 is 0 Å². The largest absolute Gasteiger partial charge is 0.457 e. The van der Waals surface area contributed by atoms with Crippen LogP contribution in [0.2, 0.25) is 0 Å². The number of nitrogens with zero attached hydrogens (tertiary/aromatic N) is 4. The van der Waals surface area contributed by atoms with Crippen LogP contribution in [0.3, 0.4) is 0 Å². The minimum absolute atomic E-state index is 0.151. The molecular formula is C68H56N4O. The molecule has 5 heteroatoms. The quantitative estimate of drug-likeness (QED) is 0.173. The monoisotopic (exact) mass is 949 g/mol. The summed E-state index contributed by atoms with van der Waals surface area (Å²) in [4.78, 5) is 10.5. The molecule has 10 bridgehead atoms. The number of aromatic nitrogens is 2. The number of benzene rings is 9. The number of para-hydroxylation sites is 3. The summed E-state index contributed by atoms with van der Waals surface area (Å²) in [6, 6.07) is 64.8. The van der Waals surface area contributed by atoms with Crippen molar-refractivity contribution in [2.75, 3.05) is 16.5 Å². The number of pyridine rings is 1. The molecule has 9 aromatic carbocycles. The Hall–Kier alpha value is -8.67. The Labute approximate surface area is 435 Å². The van der Waals surface area contributed by atoms with Crippen LogP contribution in [0.15, 0.2) is 218 Å². The first-order valence-electron chi connectivity index (χ1n) is 27.5. The number of anilines is 4. The van der Waals surface area contributed by atoms with E-state index in [1.165, 1.54) is 0 Å². The van der Waals surface area contributed by atoms with Gasteiger partial charge in [-0.1, -0.05) is 181 Å². The Morgan fingerprint density at radius 1 is 0.452 bits per heavy atom. The van der Waals surface area contributed by atoms with Gasteiger partial charge in [0.25, 0.3) is 0 Å². The Kier molecular flexibility index (Phi) is 9.08. The van der Waals surface area contributed by atoms with Crippen LogP contribution in [-0.2, 0) is 10.8 Å². The van der Waals surface area contributed by atoms with Crippen molar-refractivity contribution in [2.24, 2.45) is 0 Å². The zero-order valence-electron chi connectivity index (χ0n) is 46.8. The van der Waals surface area contributed by atoms with Gasteiger partial charge in [-0.05, 0) is 122 Å². The molecule has 5 nitrogen and oxygen atoms in total. The van der Waals surface area contributed by atoms with Crippen LogP contribution in [0.1, 0.15) is 59.5 Å². The summed E-state index contributed by atoms with van der Waals surface area (Å²) in [6.07, 6.45) is 0. The van der Waals surface area contributed by atoms with Gasteiger partial charge in [0.2, 0.25) is 0 Å². The number of rotatable bonds is 2. The van der Waals surface area contributed by atoms with E-state index in [0.717, 1.165) is 100 Å². The summed E-state index contributed by atoms with van der Waals surface area (Å²) in [5, 5.41) is 1.73. The first-order valence-corrected chi connectivity index (χ1v) is 25.0. The smallest absolute Gasteiger partial charge is 0.138 e. The zero-order chi connectivity index (χ0) is 53.9. The van der Waals surface area contributed by atoms with Crippen molar-refractivity contribution in [1.82, 2.24) is 9.55 Å². The normalized spacial score (nSPS) is 14.0. The molecule has 2 aliphatic rings. The number of fused-ring (bicyclic) bond motifs is 23. The number of hydrogen-bond acceptors (Lipinski definition) is 4. The Morgan fingerprint density at radius 3 is 1.92 bits per heavy atom. The highest BCUT2D eigenvalue weighted by Crippen LogP contribution is 2.52. The molecule has 0 saturated heterocycles. The maximum Gasteiger partial charge on any atom is 0.138 e. The van der Waals surface area contributed by atoms with E-state index in [4.69, 9.17) is 16.6 Å². The van der Waals surface area contributed by atoms with Gasteiger partial charge in [0.05, 0.1) is 40.6 Å². The zero-order valence-corrected chi connectivity index (χ0v) is 41.8. The van der Waals surface area contributed by atoms with Gasteiger partial charge in [0.15, 0.2) is 0 Å². The maximum absolute atomic E-state index is 8.92. The average Bonchev–Trinajstić information content (AvgIpc) is 4.02. The van der Waals surface area contributed by atoms with Crippen LogP contribution >= 0.6 is 0 Å². The van der Waals surface area contributed by atoms with Crippen molar-refractivity contribution < 1.29 is 11.6 Å². The Bertz CT molecular complexity index is 4240. The summed E-state index contributed by atoms with van der Waals surface area (Å²) < 4.78 is 52.5. The topological polar surface area (TPSA) is 33.5 Å². The lowest BCUT2D eigenvalue weighted by atomic mass is 9.86. The van der Waals surface area contributed by atoms with E-state index in [1.807, 2.05) is 24.3 Å². The molecule has 0 aliphatic carbocycles. The predicted octanol–water partition coefficient (Wildman–Crippen LogP) is 18.5. The van der Waals surface area contributed by atoms with Crippen LogP contribution in [-0.4, -0.2) is 16.2 Å². The third-order valence-corrected chi connectivity index (χ3v) is 14.6. The van der Waals surface area contributed by atoms with E-state index in [1.54, 1.807) is 0 Å². The van der Waals surface area contributed by atoms with Crippen molar-refractivity contribution in [3.05, 3.63) is 229 Å². The molecule has 354 valence electrons. The second kappa shape index (κ2) is 17.0. The molecule has 0 amide bonds. The molecule has 0 unspecified atom stereocenters. The molecule has 0 fully saturated rings. The third-order valence-electron chi connectivity index (χ3n) is 14.6. The third kappa shape index (κ3) is 7.75. The molecule has 73 heavy (non-hydrogen) atoms. The maximum atomic E-state index is 8.92. The highest BCUT2D eigenvalue weighted by molar-refractivity contribution is 6.11. The van der Waals surface area contributed by atoms with Gasteiger partial charge in [-0.2, -0.15) is 0 Å². The first-order chi connectivity index (χ1) is 37.5. The lowest BCUT2D eigenvalue weighted by Gasteiger charge is -2.29. The van der Waals surface area contributed by atoms with Crippen molar-refractivity contribution in [1.29, 1.82) is 0 Å². The first kappa shape index (κ1) is 39.0. The van der Waals surface area contributed by atoms with E-state index in [2.05, 4.69) is 220 Å². The molecule has 0 radical (unpaired) electrons. The number of ether oxygens (including phenoxy) is 1. The van der Waals surface area contributed by atoms with Gasteiger partial charge in [0, 0.05) is 45.3 Å². The van der Waals surface area contributed by atoms with Crippen LogP contribution in [0.4, 0.5) is 22.7 Å². The summed E-state index contributed by atoms with van der Waals surface area (Å²) in [5.41, 5.74) is 16.8. The van der Waals surface area contributed by atoms with Gasteiger partial charge in [-0.25, -0.2) is 4.98 Å². The second-order valence-electron chi connectivity index (χ2n) is 21.3. The SMILES string of the molecule is [2H]c1c([2H])c([2H])c(-c2ccc3c(c2)c2ccc4cc2n3-c2cc(C(C)(C)C)cc(n2)-c2cccc(c2)-c2ccccc2-c2cccc(-c3ccccc3)c2N2CN(c3cc(cc(C(C)(C)C)c3)O4)c3ccccc32)c([2H])c1[2H]. The molecule has 13 rings (SSSR count). The molecule has 0 N–H and O–H groups in total. The molecule has 0 saturated carbocycles. The van der Waals surface area contributed by atoms with Crippen molar-refractivity contribution >= 4 is 44.6 Å². The highest BCUT2D eigenvalue weighted by Gasteiger charge is 2.33. The predicted molar refractivity (Wildman–Crippen MR) is 305 cm³/mol. The van der Waals surface area contributed by atoms with E-state index in [-0.39, 0.29) is 40.6 Å². The van der Waals surface area contributed by atoms with E-state index < -0.39 is 6.04 Å². The molecule has 11 aromatic rings. The molecular weight excluding hydrogens is 889 g/mol. The molecule has 2 aromatic heterocycles. The average molecular weight is 950 g/mol. The van der Waals surface area contributed by atoms with Crippen LogP contribution in [0.5, 0.6) is 11.5 Å². The van der Waals surface area contributed by atoms with Crippen molar-refractivity contribution in [2.45, 2.75) is 52.4 Å². The minimum atomic E-state index is -0.423. The van der Waals surface area contributed by atoms with E-state index in [0.29, 0.717) is 29.5 Å². The highest BCUT2D eigenvalue weighted by atomic mass is 16.5. The summed E-state index contributed by atoms with van der Waals surface area (Å²) in [5.74, 6) is 2.03. The van der Waals surface area contributed by atoms with Crippen LogP contribution in [0.25, 0.3) is 83.4 Å². The van der Waals surface area contributed by atoms with Gasteiger partial charge < -0.3 is 14.5 Å². The number of hydrogen-bond donors (Lipinski definition) is 0. The van der Waals surface area contributed by atoms with Crippen molar-refractivity contribution in [3.63, 3.8) is 0 Å². The standard InChI is InChI=1S/C68H56N4O/c1-67(2,3)49-37-51-41-53(38-49)73-52-32-33-57-59-36-46(44-19-9-7-10-20-44)31-34-61(59)72(64(57)42-52)65-40-50(68(4,5)6)39-60(69-65)48-24-17-23-47(35-48)54-25-13-14-26-56(54)58-28-18-27-55(45-21-11-8-12-22-45)66(58)71-43-70(51)62-29-15-16-30-63(62)71/h7-42H,43H2,1-6H3/i7D,9D,10D,19D,20D. The molecule has 4 heterocycles. The summed E-state index contributed by atoms with van der Waals surface area (Å²) in [6.45, 7) is 13.9. The van der Waals surface area contributed by atoms with Crippen LogP contribution < -0.4 is 14.5 Å². The summed E-state index contributed by atoms with van der Waals surface area (Å²) in [7, 11) is 0. The fraction of sp³-hybridized carbons (Fsp3) is 0.132. The Morgan fingerprint density at radius 2 is 1.12 bits per heavy atom. The van der Waals surface area contributed by atoms with E-state index in [9.17, 15) is 0 Å². The minimum Gasteiger partial charge on any atom is -0.457 e. The lowest BCUT2D eigenvalue weighted by Crippen LogP contribution is -2.25. The summed E-state index contributed by atoms with van der Waals surface area (Å²) >= 11 is 0. The molecule has 2 aliphatic heterocycles. The molecule has 0 spiro atoms. The second-order valence-corrected chi connectivity index (χ2v) is 21.3. The van der Waals surface area contributed by atoms with Gasteiger partial charge in [-0.15, -0.1) is 0 Å². The van der Waals surface area contributed by atoms with E-state index >= 15 is 0 Å². The van der Waals surface area contributed by atoms with Crippen molar-refractivity contribution in [3.8, 4) is 73.1 Å². The molecule has 0 atom stereocenters. The van der Waals surface area contributed by atoms with Gasteiger partial charge in [0.1, 0.15) is 24.0 Å². The fourth-order valence-corrected chi connectivity index (χ4v) is 10.8. The fourth-order valence-electron chi connectivity index (χ4n) is 10.8. The Balaban J connectivity index is 1.11. The van der Waals surface area contributed by atoms with Gasteiger partial charge in [-0.3, -0.25) is 4.57 Å². The lowest BCUT2D eigenvalue weighted by molar-refractivity contribution is 0.479.